The van der Waals surface area contributed by atoms with Gasteiger partial charge in [0.15, 0.2) is 5.96 Å². The van der Waals surface area contributed by atoms with Crippen LogP contribution in [0.2, 0.25) is 0 Å². The van der Waals surface area contributed by atoms with Crippen molar-refractivity contribution in [3.8, 4) is 0 Å². The van der Waals surface area contributed by atoms with Crippen LogP contribution in [0.15, 0.2) is 4.99 Å². The fourth-order valence-corrected chi connectivity index (χ4v) is 3.87. The van der Waals surface area contributed by atoms with E-state index in [-0.39, 0.29) is 12.1 Å². The van der Waals surface area contributed by atoms with Crippen LogP contribution in [0.3, 0.4) is 0 Å². The number of guanidine groups is 1. The summed E-state index contributed by atoms with van der Waals surface area (Å²) in [6, 6.07) is 0.417. The maximum Gasteiger partial charge on any atom is 0.306 e. The lowest BCUT2D eigenvalue weighted by atomic mass is 10.0. The van der Waals surface area contributed by atoms with Crippen LogP contribution in [0.1, 0.15) is 59.3 Å². The number of nitrogens with one attached hydrogen (secondary N) is 2. The molecule has 0 spiro atoms. The molecule has 7 heteroatoms. The number of morpholine rings is 1. The van der Waals surface area contributed by atoms with E-state index < -0.39 is 0 Å². The highest BCUT2D eigenvalue weighted by Crippen LogP contribution is 2.21. The predicted molar refractivity (Wildman–Crippen MR) is 113 cm³/mol. The summed E-state index contributed by atoms with van der Waals surface area (Å²) >= 11 is 0. The standard InChI is InChI=1S/C21H40N4O3/c1-4-22-21(23-11-7-10-20(26)28-18-8-5-6-9-18)24-16-19(17(2)3)25-12-14-27-15-13-25/h17-19H,4-16H2,1-3H3,(H2,22,23,24). The molecule has 1 atom stereocenters. The monoisotopic (exact) mass is 396 g/mol. The zero-order valence-corrected chi connectivity index (χ0v) is 18.0. The van der Waals surface area contributed by atoms with Gasteiger partial charge in [0.2, 0.25) is 0 Å². The molecule has 1 saturated heterocycles. The average molecular weight is 397 g/mol. The molecule has 1 saturated carbocycles. The van der Waals surface area contributed by atoms with E-state index in [9.17, 15) is 4.79 Å². The van der Waals surface area contributed by atoms with Crippen molar-refractivity contribution >= 4 is 11.9 Å². The van der Waals surface area contributed by atoms with Gasteiger partial charge in [-0.1, -0.05) is 13.8 Å². The van der Waals surface area contributed by atoms with Crippen molar-refractivity contribution in [3.63, 3.8) is 0 Å². The minimum Gasteiger partial charge on any atom is -0.462 e. The molecule has 1 aliphatic carbocycles. The molecule has 1 heterocycles. The molecule has 2 aliphatic rings. The molecule has 2 N–H and O–H groups in total. The third-order valence-corrected chi connectivity index (χ3v) is 5.52. The Morgan fingerprint density at radius 3 is 2.57 bits per heavy atom. The second-order valence-corrected chi connectivity index (χ2v) is 8.11. The summed E-state index contributed by atoms with van der Waals surface area (Å²) in [6.45, 7) is 12.4. The lowest BCUT2D eigenvalue weighted by molar-refractivity contribution is -0.148. The van der Waals surface area contributed by atoms with Crippen molar-refractivity contribution in [3.05, 3.63) is 0 Å². The first-order valence-electron chi connectivity index (χ1n) is 11.1. The lowest BCUT2D eigenvalue weighted by Crippen LogP contribution is -2.48. The maximum atomic E-state index is 11.9. The molecule has 2 rings (SSSR count). The number of nitrogens with zero attached hydrogens (tertiary/aromatic N) is 2. The Bertz CT molecular complexity index is 472. The van der Waals surface area contributed by atoms with Gasteiger partial charge in [0.25, 0.3) is 0 Å². The van der Waals surface area contributed by atoms with Crippen LogP contribution in [-0.2, 0) is 14.3 Å². The van der Waals surface area contributed by atoms with E-state index in [0.29, 0.717) is 18.4 Å². The topological polar surface area (TPSA) is 75.2 Å². The number of carbonyl (C=O) groups excluding carboxylic acids is 1. The van der Waals surface area contributed by atoms with E-state index in [1.165, 1.54) is 12.8 Å². The van der Waals surface area contributed by atoms with Crippen LogP contribution in [-0.4, -0.2) is 74.9 Å². The van der Waals surface area contributed by atoms with Crippen molar-refractivity contribution in [1.82, 2.24) is 15.5 Å². The molecule has 0 amide bonds. The molecule has 28 heavy (non-hydrogen) atoms. The SMILES string of the molecule is CCNC(=NCC(C(C)C)N1CCOCC1)NCCCC(=O)OC1CCCC1. The van der Waals surface area contributed by atoms with Crippen LogP contribution in [0.5, 0.6) is 0 Å². The lowest BCUT2D eigenvalue weighted by Gasteiger charge is -2.36. The molecule has 0 aromatic carbocycles. The molecule has 1 aliphatic heterocycles. The van der Waals surface area contributed by atoms with Gasteiger partial charge >= 0.3 is 5.97 Å². The number of hydrogen-bond donors (Lipinski definition) is 2. The van der Waals surface area contributed by atoms with E-state index >= 15 is 0 Å². The molecule has 0 aromatic heterocycles. The fraction of sp³-hybridized carbons (Fsp3) is 0.905. The van der Waals surface area contributed by atoms with Crippen LogP contribution in [0.25, 0.3) is 0 Å². The Labute approximate surface area is 170 Å². The van der Waals surface area contributed by atoms with Crippen molar-refractivity contribution in [2.75, 3.05) is 45.9 Å². The van der Waals surface area contributed by atoms with Crippen LogP contribution in [0, 0.1) is 5.92 Å². The first-order valence-corrected chi connectivity index (χ1v) is 11.1. The van der Waals surface area contributed by atoms with E-state index in [0.717, 1.165) is 71.2 Å². The molecule has 162 valence electrons. The smallest absolute Gasteiger partial charge is 0.306 e. The van der Waals surface area contributed by atoms with E-state index in [4.69, 9.17) is 14.5 Å². The summed E-state index contributed by atoms with van der Waals surface area (Å²) in [5, 5.41) is 6.66. The molecule has 0 bridgehead atoms. The second kappa shape index (κ2) is 13.0. The van der Waals surface area contributed by atoms with Gasteiger partial charge in [-0.25, -0.2) is 0 Å². The van der Waals surface area contributed by atoms with E-state index in [2.05, 4.69) is 36.3 Å². The summed E-state index contributed by atoms with van der Waals surface area (Å²) in [5.41, 5.74) is 0. The number of carbonyl (C=O) groups is 1. The third-order valence-electron chi connectivity index (χ3n) is 5.52. The van der Waals surface area contributed by atoms with Gasteiger partial charge in [-0.2, -0.15) is 0 Å². The van der Waals surface area contributed by atoms with Gasteiger partial charge in [-0.3, -0.25) is 14.7 Å². The first-order chi connectivity index (χ1) is 13.6. The Hall–Kier alpha value is -1.34. The van der Waals surface area contributed by atoms with Crippen LogP contribution < -0.4 is 10.6 Å². The molecule has 1 unspecified atom stereocenters. The average Bonchev–Trinajstić information content (AvgIpc) is 3.18. The predicted octanol–water partition coefficient (Wildman–Crippen LogP) is 2.16. The highest BCUT2D eigenvalue weighted by atomic mass is 16.5. The first kappa shape index (κ1) is 22.9. The number of esters is 1. The second-order valence-electron chi connectivity index (χ2n) is 8.11. The van der Waals surface area contributed by atoms with Crippen molar-refractivity contribution < 1.29 is 14.3 Å². The minimum atomic E-state index is -0.0668. The normalized spacial score (nSPS) is 20.4. The van der Waals surface area contributed by atoms with Crippen LogP contribution in [0.4, 0.5) is 0 Å². The van der Waals surface area contributed by atoms with Gasteiger partial charge < -0.3 is 20.1 Å². The molecule has 7 nitrogen and oxygen atoms in total. The van der Waals surface area contributed by atoms with E-state index in [1.807, 2.05) is 0 Å². The minimum absolute atomic E-state index is 0.0668. The summed E-state index contributed by atoms with van der Waals surface area (Å²) in [6.07, 6.45) is 5.81. The van der Waals surface area contributed by atoms with Crippen molar-refractivity contribution in [2.24, 2.45) is 10.9 Å². The number of hydrogen-bond acceptors (Lipinski definition) is 5. The van der Waals surface area contributed by atoms with Gasteiger partial charge in [-0.15, -0.1) is 0 Å². The highest BCUT2D eigenvalue weighted by Gasteiger charge is 2.23. The quantitative estimate of drug-likeness (QED) is 0.255. The summed E-state index contributed by atoms with van der Waals surface area (Å²) in [7, 11) is 0. The van der Waals surface area contributed by atoms with Gasteiger partial charge in [0, 0.05) is 38.6 Å². The van der Waals surface area contributed by atoms with Crippen molar-refractivity contribution in [2.45, 2.75) is 71.4 Å². The van der Waals surface area contributed by atoms with E-state index in [1.54, 1.807) is 0 Å². The maximum absolute atomic E-state index is 11.9. The summed E-state index contributed by atoms with van der Waals surface area (Å²) in [5.74, 6) is 1.29. The van der Waals surface area contributed by atoms with Gasteiger partial charge in [0.05, 0.1) is 19.8 Å². The largest absolute Gasteiger partial charge is 0.462 e. The molecule has 0 radical (unpaired) electrons. The number of ether oxygens (including phenoxy) is 2. The highest BCUT2D eigenvalue weighted by molar-refractivity contribution is 5.79. The zero-order chi connectivity index (χ0) is 20.2. The molecular formula is C21H40N4O3. The van der Waals surface area contributed by atoms with Crippen LogP contribution >= 0.6 is 0 Å². The Morgan fingerprint density at radius 1 is 1.21 bits per heavy atom. The number of aliphatic imine (C=N–C) groups is 1. The zero-order valence-electron chi connectivity index (χ0n) is 18.0. The molecular weight excluding hydrogens is 356 g/mol. The molecule has 2 fully saturated rings. The summed E-state index contributed by atoms with van der Waals surface area (Å²) in [4.78, 5) is 19.2. The Balaban J connectivity index is 1.73. The van der Waals surface area contributed by atoms with Crippen molar-refractivity contribution in [1.29, 1.82) is 0 Å². The summed E-state index contributed by atoms with van der Waals surface area (Å²) < 4.78 is 11.0. The van der Waals surface area contributed by atoms with Gasteiger partial charge in [-0.05, 0) is 44.9 Å². The molecule has 0 aromatic rings. The fourth-order valence-electron chi connectivity index (χ4n) is 3.87. The Kier molecular flexibility index (Phi) is 10.6. The third kappa shape index (κ3) is 8.35. The van der Waals surface area contributed by atoms with Gasteiger partial charge in [0.1, 0.15) is 6.10 Å². The Morgan fingerprint density at radius 2 is 1.93 bits per heavy atom. The number of rotatable bonds is 10.